The van der Waals surface area contributed by atoms with Gasteiger partial charge in [-0.15, -0.1) is 0 Å². The van der Waals surface area contributed by atoms with Crippen molar-refractivity contribution in [3.05, 3.63) is 96.1 Å². The van der Waals surface area contributed by atoms with Gasteiger partial charge in [0, 0.05) is 12.0 Å². The molecular weight excluding hydrogens is 374 g/mol. The van der Waals surface area contributed by atoms with Crippen molar-refractivity contribution >= 4 is 6.09 Å². The van der Waals surface area contributed by atoms with E-state index in [9.17, 15) is 9.90 Å². The number of hydrogen-bond acceptors (Lipinski definition) is 3. The van der Waals surface area contributed by atoms with Crippen molar-refractivity contribution in [1.29, 1.82) is 0 Å². The number of amides is 1. The van der Waals surface area contributed by atoms with Crippen LogP contribution in [0.4, 0.5) is 4.79 Å². The summed E-state index contributed by atoms with van der Waals surface area (Å²) in [5, 5.41) is 10.6. The SMILES string of the molecule is CC1C[C@@H](Cc2ccc(-c3ccccc3)cc2)N(C(=O)OCc2ccccc2)C1O. The first-order valence-corrected chi connectivity index (χ1v) is 10.4. The molecule has 3 aromatic rings. The van der Waals surface area contributed by atoms with Crippen molar-refractivity contribution in [2.45, 2.75) is 38.6 Å². The Kier molecular flexibility index (Phi) is 6.15. The summed E-state index contributed by atoms with van der Waals surface area (Å²) >= 11 is 0. The van der Waals surface area contributed by atoms with Gasteiger partial charge < -0.3 is 9.84 Å². The molecule has 0 saturated carbocycles. The third-order valence-corrected chi connectivity index (χ3v) is 5.78. The minimum atomic E-state index is -0.818. The number of aliphatic hydroxyl groups is 1. The number of rotatable bonds is 5. The summed E-state index contributed by atoms with van der Waals surface area (Å²) in [6, 6.07) is 28.2. The molecule has 30 heavy (non-hydrogen) atoms. The first kappa shape index (κ1) is 20.2. The van der Waals surface area contributed by atoms with Gasteiger partial charge in [-0.25, -0.2) is 4.79 Å². The molecule has 1 saturated heterocycles. The Bertz CT molecular complexity index is 957. The predicted octanol–water partition coefficient (Wildman–Crippen LogP) is 5.26. The van der Waals surface area contributed by atoms with Crippen molar-refractivity contribution in [1.82, 2.24) is 4.90 Å². The second-order valence-corrected chi connectivity index (χ2v) is 7.99. The van der Waals surface area contributed by atoms with E-state index in [1.807, 2.05) is 55.5 Å². The van der Waals surface area contributed by atoms with Crippen LogP contribution in [0, 0.1) is 5.92 Å². The van der Waals surface area contributed by atoms with Crippen LogP contribution in [0.1, 0.15) is 24.5 Å². The normalized spacial score (nSPS) is 20.9. The molecule has 4 rings (SSSR count). The van der Waals surface area contributed by atoms with Crippen LogP contribution in [-0.4, -0.2) is 28.4 Å². The Morgan fingerprint density at radius 1 is 0.900 bits per heavy atom. The maximum Gasteiger partial charge on any atom is 0.412 e. The van der Waals surface area contributed by atoms with Gasteiger partial charge in [0.2, 0.25) is 0 Å². The van der Waals surface area contributed by atoms with Crippen LogP contribution < -0.4 is 0 Å². The van der Waals surface area contributed by atoms with Gasteiger partial charge >= 0.3 is 6.09 Å². The van der Waals surface area contributed by atoms with E-state index < -0.39 is 12.3 Å². The van der Waals surface area contributed by atoms with Gasteiger partial charge in [0.05, 0.1) is 0 Å². The zero-order valence-corrected chi connectivity index (χ0v) is 17.1. The maximum atomic E-state index is 12.8. The molecule has 0 bridgehead atoms. The molecule has 0 aliphatic carbocycles. The molecule has 0 spiro atoms. The van der Waals surface area contributed by atoms with Crippen molar-refractivity contribution in [2.24, 2.45) is 5.92 Å². The van der Waals surface area contributed by atoms with Crippen molar-refractivity contribution in [3.63, 3.8) is 0 Å². The van der Waals surface area contributed by atoms with Crippen LogP contribution in [0.25, 0.3) is 11.1 Å². The smallest absolute Gasteiger partial charge is 0.412 e. The van der Waals surface area contributed by atoms with E-state index in [-0.39, 0.29) is 18.6 Å². The molecule has 1 amide bonds. The lowest BCUT2D eigenvalue weighted by Crippen LogP contribution is -2.43. The fourth-order valence-corrected chi connectivity index (χ4v) is 4.12. The minimum absolute atomic E-state index is 0.0165. The third kappa shape index (κ3) is 4.55. The maximum absolute atomic E-state index is 12.8. The Balaban J connectivity index is 1.43. The Morgan fingerprint density at radius 2 is 1.50 bits per heavy atom. The molecular formula is C26H27NO3. The van der Waals surface area contributed by atoms with Gasteiger partial charge in [-0.1, -0.05) is 91.9 Å². The zero-order chi connectivity index (χ0) is 20.9. The molecule has 0 aromatic heterocycles. The van der Waals surface area contributed by atoms with Crippen LogP contribution in [0.3, 0.4) is 0 Å². The van der Waals surface area contributed by atoms with E-state index >= 15 is 0 Å². The molecule has 3 aromatic carbocycles. The molecule has 0 radical (unpaired) electrons. The van der Waals surface area contributed by atoms with Crippen molar-refractivity contribution in [3.8, 4) is 11.1 Å². The van der Waals surface area contributed by atoms with E-state index in [0.29, 0.717) is 6.42 Å². The quantitative estimate of drug-likeness (QED) is 0.634. The van der Waals surface area contributed by atoms with E-state index in [2.05, 4.69) is 36.4 Å². The molecule has 1 aliphatic heterocycles. The number of nitrogens with zero attached hydrogens (tertiary/aromatic N) is 1. The van der Waals surface area contributed by atoms with E-state index in [1.54, 1.807) is 0 Å². The molecule has 1 N–H and O–H groups in total. The number of hydrogen-bond donors (Lipinski definition) is 1. The predicted molar refractivity (Wildman–Crippen MR) is 118 cm³/mol. The fraction of sp³-hybridized carbons (Fsp3) is 0.269. The highest BCUT2D eigenvalue weighted by Gasteiger charge is 2.41. The Labute approximate surface area is 177 Å². The number of likely N-dealkylation sites (tertiary alicyclic amines) is 1. The van der Waals surface area contributed by atoms with Crippen molar-refractivity contribution in [2.75, 3.05) is 0 Å². The monoisotopic (exact) mass is 401 g/mol. The number of carbonyl (C=O) groups is 1. The van der Waals surface area contributed by atoms with Gasteiger partial charge in [-0.05, 0) is 35.1 Å². The average Bonchev–Trinajstić information content (AvgIpc) is 3.07. The first-order valence-electron chi connectivity index (χ1n) is 10.4. The molecule has 3 atom stereocenters. The first-order chi connectivity index (χ1) is 14.6. The lowest BCUT2D eigenvalue weighted by atomic mass is 9.98. The highest BCUT2D eigenvalue weighted by atomic mass is 16.6. The fourth-order valence-electron chi connectivity index (χ4n) is 4.12. The molecule has 4 heteroatoms. The summed E-state index contributed by atoms with van der Waals surface area (Å²) in [4.78, 5) is 14.3. The lowest BCUT2D eigenvalue weighted by molar-refractivity contribution is -0.00784. The summed E-state index contributed by atoms with van der Waals surface area (Å²) in [6.45, 7) is 2.18. The summed E-state index contributed by atoms with van der Waals surface area (Å²) in [5.74, 6) is 0.0165. The molecule has 1 aliphatic rings. The van der Waals surface area contributed by atoms with Gasteiger partial charge in [-0.3, -0.25) is 4.90 Å². The molecule has 154 valence electrons. The topological polar surface area (TPSA) is 49.8 Å². The third-order valence-electron chi connectivity index (χ3n) is 5.78. The highest BCUT2D eigenvalue weighted by molar-refractivity contribution is 5.69. The highest BCUT2D eigenvalue weighted by Crippen LogP contribution is 2.31. The molecule has 4 nitrogen and oxygen atoms in total. The molecule has 1 heterocycles. The minimum Gasteiger partial charge on any atom is -0.444 e. The van der Waals surface area contributed by atoms with Gasteiger partial charge in [0.15, 0.2) is 0 Å². The van der Waals surface area contributed by atoms with Crippen LogP contribution in [-0.2, 0) is 17.8 Å². The average molecular weight is 402 g/mol. The number of ether oxygens (including phenoxy) is 1. The number of carbonyl (C=O) groups excluding carboxylic acids is 1. The molecule has 2 unspecified atom stereocenters. The Hall–Kier alpha value is -3.11. The van der Waals surface area contributed by atoms with Gasteiger partial charge in [-0.2, -0.15) is 0 Å². The van der Waals surface area contributed by atoms with E-state index in [1.165, 1.54) is 16.0 Å². The van der Waals surface area contributed by atoms with E-state index in [4.69, 9.17) is 4.74 Å². The van der Waals surface area contributed by atoms with E-state index in [0.717, 1.165) is 17.5 Å². The largest absolute Gasteiger partial charge is 0.444 e. The van der Waals surface area contributed by atoms with Crippen LogP contribution >= 0.6 is 0 Å². The van der Waals surface area contributed by atoms with Crippen LogP contribution in [0.5, 0.6) is 0 Å². The number of aliphatic hydroxyl groups excluding tert-OH is 1. The van der Waals surface area contributed by atoms with Crippen LogP contribution in [0.2, 0.25) is 0 Å². The standard InChI is InChI=1S/C26H27NO3/c1-19-16-24(17-20-12-14-23(15-13-20)22-10-6-3-7-11-22)27(25(19)28)26(29)30-18-21-8-4-2-5-9-21/h2-15,19,24-25,28H,16-18H2,1H3/t19?,24-,25?/m0/s1. The summed E-state index contributed by atoms with van der Waals surface area (Å²) in [5.41, 5.74) is 4.42. The molecule has 1 fully saturated rings. The summed E-state index contributed by atoms with van der Waals surface area (Å²) < 4.78 is 5.50. The van der Waals surface area contributed by atoms with Gasteiger partial charge in [0.25, 0.3) is 0 Å². The number of benzene rings is 3. The summed E-state index contributed by atoms with van der Waals surface area (Å²) in [6.07, 6.45) is 0.169. The summed E-state index contributed by atoms with van der Waals surface area (Å²) in [7, 11) is 0. The lowest BCUT2D eigenvalue weighted by Gasteiger charge is -2.27. The van der Waals surface area contributed by atoms with Crippen LogP contribution in [0.15, 0.2) is 84.9 Å². The van der Waals surface area contributed by atoms with Crippen molar-refractivity contribution < 1.29 is 14.6 Å². The second kappa shape index (κ2) is 9.14. The second-order valence-electron chi connectivity index (χ2n) is 7.99. The zero-order valence-electron chi connectivity index (χ0n) is 17.1. The van der Waals surface area contributed by atoms with Gasteiger partial charge in [0.1, 0.15) is 12.8 Å². The Morgan fingerprint density at radius 3 is 2.17 bits per heavy atom.